The highest BCUT2D eigenvalue weighted by Gasteiger charge is 2.41. The van der Waals surface area contributed by atoms with Crippen LogP contribution in [0.1, 0.15) is 42.4 Å². The van der Waals surface area contributed by atoms with Gasteiger partial charge in [0.25, 0.3) is 0 Å². The zero-order valence-electron chi connectivity index (χ0n) is 19.9. The Morgan fingerprint density at radius 3 is 2.29 bits per heavy atom. The number of nitriles is 1. The summed E-state index contributed by atoms with van der Waals surface area (Å²) in [5.41, 5.74) is 2.89. The first-order chi connectivity index (χ1) is 16.5. The zero-order valence-corrected chi connectivity index (χ0v) is 19.9. The first kappa shape index (κ1) is 23.8. The Balaban J connectivity index is 1.35. The van der Waals surface area contributed by atoms with Crippen molar-refractivity contribution in [1.29, 1.82) is 5.26 Å². The molecule has 0 bridgehead atoms. The van der Waals surface area contributed by atoms with E-state index in [-0.39, 0.29) is 23.7 Å². The third-order valence-corrected chi connectivity index (χ3v) is 7.39. The van der Waals surface area contributed by atoms with Gasteiger partial charge in [-0.15, -0.1) is 0 Å². The molecule has 2 aromatic rings. The third kappa shape index (κ3) is 5.22. The summed E-state index contributed by atoms with van der Waals surface area (Å²) < 4.78 is 0. The minimum atomic E-state index is -0.544. The van der Waals surface area contributed by atoms with Gasteiger partial charge in [-0.3, -0.25) is 9.59 Å². The van der Waals surface area contributed by atoms with Crippen LogP contribution in [0.2, 0.25) is 0 Å². The second kappa shape index (κ2) is 10.7. The molecule has 2 aliphatic rings. The van der Waals surface area contributed by atoms with Crippen molar-refractivity contribution in [2.45, 2.75) is 44.4 Å². The molecular formula is C29H33N3O2. The predicted molar refractivity (Wildman–Crippen MR) is 133 cm³/mol. The second-order valence-corrected chi connectivity index (χ2v) is 9.57. The van der Waals surface area contributed by atoms with Crippen molar-refractivity contribution < 1.29 is 9.59 Å². The van der Waals surface area contributed by atoms with Gasteiger partial charge in [-0.2, -0.15) is 5.26 Å². The van der Waals surface area contributed by atoms with Crippen molar-refractivity contribution in [3.05, 3.63) is 83.4 Å². The fourth-order valence-corrected chi connectivity index (χ4v) is 5.16. The quantitative estimate of drug-likeness (QED) is 0.660. The van der Waals surface area contributed by atoms with E-state index < -0.39 is 5.41 Å². The number of amides is 2. The van der Waals surface area contributed by atoms with E-state index in [0.717, 1.165) is 12.0 Å². The summed E-state index contributed by atoms with van der Waals surface area (Å²) >= 11 is 0. The van der Waals surface area contributed by atoms with Gasteiger partial charge in [0.05, 0.1) is 23.3 Å². The molecule has 1 fully saturated rings. The molecule has 1 aliphatic carbocycles. The summed E-state index contributed by atoms with van der Waals surface area (Å²) in [6.45, 7) is 3.71. The Bertz CT molecular complexity index is 1060. The lowest BCUT2D eigenvalue weighted by molar-refractivity contribution is -0.143. The largest absolute Gasteiger partial charge is 0.355 e. The van der Waals surface area contributed by atoms with Crippen LogP contribution >= 0.6 is 0 Å². The Labute approximate surface area is 202 Å². The van der Waals surface area contributed by atoms with Crippen LogP contribution in [0.4, 0.5) is 0 Å². The van der Waals surface area contributed by atoms with E-state index in [4.69, 9.17) is 0 Å². The van der Waals surface area contributed by atoms with Crippen LogP contribution in [0.5, 0.6) is 0 Å². The molecule has 1 N–H and O–H groups in total. The highest BCUT2D eigenvalue weighted by atomic mass is 16.2. The summed E-state index contributed by atoms with van der Waals surface area (Å²) in [5.74, 6) is -0.673. The van der Waals surface area contributed by atoms with Gasteiger partial charge in [-0.05, 0) is 50.2 Å². The fourth-order valence-electron chi connectivity index (χ4n) is 5.16. The van der Waals surface area contributed by atoms with Crippen molar-refractivity contribution in [1.82, 2.24) is 10.2 Å². The molecule has 0 spiro atoms. The summed E-state index contributed by atoms with van der Waals surface area (Å²) in [6.07, 6.45) is 7.23. The maximum absolute atomic E-state index is 13.5. The second-order valence-electron chi connectivity index (χ2n) is 9.57. The van der Waals surface area contributed by atoms with Crippen LogP contribution in [0, 0.1) is 30.1 Å². The minimum absolute atomic E-state index is 0.0394. The van der Waals surface area contributed by atoms with Gasteiger partial charge in [0.2, 0.25) is 11.8 Å². The SMILES string of the molecule is Cc1ccc(CCNC(=O)C2CC=CCC2C(=O)N2CCC(C#N)(c3ccccc3)CC2)cc1. The van der Waals surface area contributed by atoms with Crippen molar-refractivity contribution in [2.75, 3.05) is 19.6 Å². The molecule has 0 radical (unpaired) electrons. The number of piperidine rings is 1. The molecular weight excluding hydrogens is 422 g/mol. The predicted octanol–water partition coefficient (Wildman–Crippen LogP) is 4.32. The fraction of sp³-hybridized carbons (Fsp3) is 0.414. The Hall–Kier alpha value is -3.39. The molecule has 2 unspecified atom stereocenters. The van der Waals surface area contributed by atoms with Crippen LogP contribution in [0.15, 0.2) is 66.7 Å². The molecule has 34 heavy (non-hydrogen) atoms. The number of carbonyl (C=O) groups excluding carboxylic acids is 2. The average Bonchev–Trinajstić information content (AvgIpc) is 2.90. The molecule has 4 rings (SSSR count). The minimum Gasteiger partial charge on any atom is -0.355 e. The van der Waals surface area contributed by atoms with Crippen molar-refractivity contribution >= 4 is 11.8 Å². The number of aryl methyl sites for hydroxylation is 1. The molecule has 2 amide bonds. The number of allylic oxidation sites excluding steroid dienone is 2. The Kier molecular flexibility index (Phi) is 7.47. The number of likely N-dealkylation sites (tertiary alicyclic amines) is 1. The number of hydrogen-bond acceptors (Lipinski definition) is 3. The lowest BCUT2D eigenvalue weighted by Gasteiger charge is -2.40. The van der Waals surface area contributed by atoms with E-state index in [0.29, 0.717) is 45.3 Å². The average molecular weight is 456 g/mol. The van der Waals surface area contributed by atoms with E-state index >= 15 is 0 Å². The zero-order chi connectivity index (χ0) is 24.0. The van der Waals surface area contributed by atoms with Crippen LogP contribution in [-0.4, -0.2) is 36.3 Å². The molecule has 0 saturated carbocycles. The number of hydrogen-bond donors (Lipinski definition) is 1. The molecule has 176 valence electrons. The Morgan fingerprint density at radius 1 is 1.00 bits per heavy atom. The monoisotopic (exact) mass is 455 g/mol. The van der Waals surface area contributed by atoms with E-state index in [1.165, 1.54) is 11.1 Å². The molecule has 2 aromatic carbocycles. The van der Waals surface area contributed by atoms with E-state index in [2.05, 4.69) is 42.6 Å². The van der Waals surface area contributed by atoms with E-state index in [1.54, 1.807) is 0 Å². The van der Waals surface area contributed by atoms with E-state index in [1.807, 2.05) is 47.4 Å². The first-order valence-electron chi connectivity index (χ1n) is 12.3. The first-order valence-corrected chi connectivity index (χ1v) is 12.3. The molecule has 1 aliphatic heterocycles. The van der Waals surface area contributed by atoms with Gasteiger partial charge in [0, 0.05) is 19.6 Å². The lowest BCUT2D eigenvalue weighted by atomic mass is 9.73. The van der Waals surface area contributed by atoms with Crippen molar-refractivity contribution in [2.24, 2.45) is 11.8 Å². The highest BCUT2D eigenvalue weighted by Crippen LogP contribution is 2.36. The molecule has 1 heterocycles. The summed E-state index contributed by atoms with van der Waals surface area (Å²) in [7, 11) is 0. The van der Waals surface area contributed by atoms with E-state index in [9.17, 15) is 14.9 Å². The maximum atomic E-state index is 13.5. The standard InChI is InChI=1S/C29H33N3O2/c1-22-11-13-23(14-12-22)15-18-31-27(33)25-9-5-6-10-26(25)28(34)32-19-16-29(21-30,17-20-32)24-7-3-2-4-8-24/h2-8,11-14,25-26H,9-10,15-20H2,1H3,(H,31,33). The summed E-state index contributed by atoms with van der Waals surface area (Å²) in [5, 5.41) is 13.0. The molecule has 1 saturated heterocycles. The van der Waals surface area contributed by atoms with Gasteiger partial charge in [0.1, 0.15) is 0 Å². The smallest absolute Gasteiger partial charge is 0.226 e. The molecule has 5 heteroatoms. The molecule has 2 atom stereocenters. The van der Waals surface area contributed by atoms with Gasteiger partial charge in [0.15, 0.2) is 0 Å². The topological polar surface area (TPSA) is 73.2 Å². The van der Waals surface area contributed by atoms with Gasteiger partial charge in [-0.25, -0.2) is 0 Å². The van der Waals surface area contributed by atoms with Gasteiger partial charge < -0.3 is 10.2 Å². The van der Waals surface area contributed by atoms with Crippen LogP contribution < -0.4 is 5.32 Å². The summed E-state index contributed by atoms with van der Waals surface area (Å²) in [4.78, 5) is 28.3. The maximum Gasteiger partial charge on any atom is 0.226 e. The number of nitrogens with one attached hydrogen (secondary N) is 1. The Morgan fingerprint density at radius 2 is 1.65 bits per heavy atom. The van der Waals surface area contributed by atoms with Gasteiger partial charge in [-0.1, -0.05) is 72.3 Å². The lowest BCUT2D eigenvalue weighted by Crippen LogP contribution is -2.49. The number of carbonyl (C=O) groups is 2. The van der Waals surface area contributed by atoms with Crippen molar-refractivity contribution in [3.8, 4) is 6.07 Å². The number of rotatable bonds is 6. The number of benzene rings is 2. The van der Waals surface area contributed by atoms with Crippen LogP contribution in [0.25, 0.3) is 0 Å². The summed E-state index contributed by atoms with van der Waals surface area (Å²) in [6, 6.07) is 20.7. The van der Waals surface area contributed by atoms with Gasteiger partial charge >= 0.3 is 0 Å². The molecule has 0 aromatic heterocycles. The molecule has 5 nitrogen and oxygen atoms in total. The van der Waals surface area contributed by atoms with Crippen LogP contribution in [0.3, 0.4) is 0 Å². The third-order valence-electron chi connectivity index (χ3n) is 7.39. The van der Waals surface area contributed by atoms with Crippen molar-refractivity contribution in [3.63, 3.8) is 0 Å². The highest BCUT2D eigenvalue weighted by molar-refractivity contribution is 5.88. The van der Waals surface area contributed by atoms with Crippen LogP contribution in [-0.2, 0) is 21.4 Å². The normalized spacial score (nSPS) is 21.5. The number of nitrogens with zero attached hydrogens (tertiary/aromatic N) is 2.